The summed E-state index contributed by atoms with van der Waals surface area (Å²) in [6.45, 7) is 1.93. The second-order valence-electron chi connectivity index (χ2n) is 7.98. The zero-order chi connectivity index (χ0) is 26.2. The van der Waals surface area contributed by atoms with Crippen LogP contribution in [0.2, 0.25) is 0 Å². The summed E-state index contributed by atoms with van der Waals surface area (Å²) in [5.74, 6) is 8.12. The van der Waals surface area contributed by atoms with E-state index in [0.29, 0.717) is 40.1 Å². The lowest BCUT2D eigenvalue weighted by Crippen LogP contribution is -2.19. The first-order valence-electron chi connectivity index (χ1n) is 11.5. The van der Waals surface area contributed by atoms with E-state index in [1.807, 2.05) is 61.5 Å². The summed E-state index contributed by atoms with van der Waals surface area (Å²) >= 11 is 0. The number of methoxy groups -OCH3 is 2. The summed E-state index contributed by atoms with van der Waals surface area (Å²) in [5.41, 5.74) is 4.14. The Bertz CT molecular complexity index is 1480. The summed E-state index contributed by atoms with van der Waals surface area (Å²) in [7, 11) is 4.78. The van der Waals surface area contributed by atoms with E-state index in [4.69, 9.17) is 9.47 Å². The van der Waals surface area contributed by atoms with Crippen LogP contribution in [0.4, 0.5) is 23.1 Å². The number of rotatable bonds is 7. The van der Waals surface area contributed by atoms with Gasteiger partial charge in [-0.2, -0.15) is 4.98 Å². The monoisotopic (exact) mass is 493 g/mol. The van der Waals surface area contributed by atoms with Crippen molar-refractivity contribution in [2.75, 3.05) is 31.9 Å². The Morgan fingerprint density at radius 1 is 0.919 bits per heavy atom. The summed E-state index contributed by atoms with van der Waals surface area (Å²) in [4.78, 5) is 21.6. The Kier molecular flexibility index (Phi) is 7.86. The minimum Gasteiger partial charge on any atom is -0.493 e. The van der Waals surface area contributed by atoms with E-state index in [2.05, 4.69) is 37.8 Å². The molecule has 0 saturated carbocycles. The molecule has 8 nitrogen and oxygen atoms in total. The number of benzene rings is 3. The molecule has 1 aromatic heterocycles. The van der Waals surface area contributed by atoms with Crippen molar-refractivity contribution in [2.45, 2.75) is 6.92 Å². The number of hydrogen-bond donors (Lipinski definition) is 3. The van der Waals surface area contributed by atoms with E-state index in [1.54, 1.807) is 39.6 Å². The lowest BCUT2D eigenvalue weighted by Gasteiger charge is -2.15. The Morgan fingerprint density at radius 2 is 1.68 bits per heavy atom. The third-order valence-electron chi connectivity index (χ3n) is 5.48. The van der Waals surface area contributed by atoms with Gasteiger partial charge in [0.15, 0.2) is 17.3 Å². The quantitative estimate of drug-likeness (QED) is 0.310. The molecule has 0 aliphatic rings. The first kappa shape index (κ1) is 25.1. The maximum absolute atomic E-state index is 12.4. The van der Waals surface area contributed by atoms with Gasteiger partial charge in [-0.1, -0.05) is 42.2 Å². The molecule has 0 radical (unpaired) electrons. The number of nitrogens with zero attached hydrogens (tertiary/aromatic N) is 2. The van der Waals surface area contributed by atoms with Crippen LogP contribution in [0.1, 0.15) is 27.0 Å². The van der Waals surface area contributed by atoms with Crippen LogP contribution < -0.4 is 25.4 Å². The van der Waals surface area contributed by atoms with Gasteiger partial charge in [0.1, 0.15) is 0 Å². The van der Waals surface area contributed by atoms with Crippen molar-refractivity contribution in [2.24, 2.45) is 0 Å². The van der Waals surface area contributed by atoms with Crippen molar-refractivity contribution in [3.8, 4) is 23.3 Å². The highest BCUT2D eigenvalue weighted by atomic mass is 16.5. The first-order chi connectivity index (χ1) is 18.0. The number of carbonyl (C=O) groups is 1. The van der Waals surface area contributed by atoms with Crippen molar-refractivity contribution < 1.29 is 14.3 Å². The summed E-state index contributed by atoms with van der Waals surface area (Å²) in [6, 6.07) is 20.6. The molecule has 3 aromatic carbocycles. The minimum absolute atomic E-state index is 0.215. The predicted molar refractivity (Wildman–Crippen MR) is 145 cm³/mol. The maximum atomic E-state index is 12.4. The lowest BCUT2D eigenvalue weighted by atomic mass is 10.1. The van der Waals surface area contributed by atoms with Crippen molar-refractivity contribution in [3.05, 3.63) is 95.2 Å². The number of para-hydroxylation sites is 1. The summed E-state index contributed by atoms with van der Waals surface area (Å²) in [6.07, 6.45) is 1.64. The molecule has 1 heterocycles. The maximum Gasteiger partial charge on any atom is 0.253 e. The minimum atomic E-state index is -0.215. The molecule has 0 saturated heterocycles. The second kappa shape index (κ2) is 11.6. The number of carbonyl (C=O) groups excluding carboxylic acids is 1. The normalized spacial score (nSPS) is 10.1. The molecule has 8 heteroatoms. The Labute approximate surface area is 216 Å². The van der Waals surface area contributed by atoms with Gasteiger partial charge in [0.2, 0.25) is 5.95 Å². The largest absolute Gasteiger partial charge is 0.493 e. The second-order valence-corrected chi connectivity index (χ2v) is 7.98. The highest BCUT2D eigenvalue weighted by molar-refractivity contribution is 6.00. The van der Waals surface area contributed by atoms with Crippen molar-refractivity contribution in [1.29, 1.82) is 0 Å². The molecule has 0 unspecified atom stereocenters. The topological polar surface area (TPSA) is 97.4 Å². The Hall–Kier alpha value is -5.03. The van der Waals surface area contributed by atoms with Crippen LogP contribution in [0.15, 0.2) is 72.9 Å². The fourth-order valence-corrected chi connectivity index (χ4v) is 3.70. The van der Waals surface area contributed by atoms with E-state index in [1.165, 1.54) is 0 Å². The Morgan fingerprint density at radius 3 is 2.41 bits per heavy atom. The molecule has 0 aliphatic heterocycles. The van der Waals surface area contributed by atoms with Gasteiger partial charge in [-0.05, 0) is 42.8 Å². The average molecular weight is 494 g/mol. The third-order valence-corrected chi connectivity index (χ3v) is 5.48. The van der Waals surface area contributed by atoms with Gasteiger partial charge >= 0.3 is 0 Å². The summed E-state index contributed by atoms with van der Waals surface area (Å²) < 4.78 is 10.9. The van der Waals surface area contributed by atoms with Crippen LogP contribution in [0.3, 0.4) is 0 Å². The molecule has 0 spiro atoms. The van der Waals surface area contributed by atoms with Crippen molar-refractivity contribution in [1.82, 2.24) is 15.3 Å². The molecule has 37 heavy (non-hydrogen) atoms. The van der Waals surface area contributed by atoms with Crippen molar-refractivity contribution >= 4 is 29.0 Å². The van der Waals surface area contributed by atoms with Gasteiger partial charge in [0.25, 0.3) is 5.91 Å². The fraction of sp³-hybridized carbons (Fsp3) is 0.138. The number of aryl methyl sites for hydroxylation is 1. The van der Waals surface area contributed by atoms with Crippen LogP contribution in [-0.4, -0.2) is 37.1 Å². The molecule has 0 atom stereocenters. The van der Waals surface area contributed by atoms with Gasteiger partial charge in [0.05, 0.1) is 37.2 Å². The zero-order valence-corrected chi connectivity index (χ0v) is 21.0. The van der Waals surface area contributed by atoms with Gasteiger partial charge in [-0.3, -0.25) is 4.79 Å². The SMILES string of the molecule is CNC(=O)c1ccccc1Nc1nc(Nc2cc(C)c(OC)c(OC)c2)ncc1C#Cc1ccccc1. The molecular formula is C29H27N5O3. The zero-order valence-electron chi connectivity index (χ0n) is 21.0. The number of aromatic nitrogens is 2. The van der Waals surface area contributed by atoms with Crippen LogP contribution in [-0.2, 0) is 0 Å². The Balaban J connectivity index is 1.74. The molecule has 4 rings (SSSR count). The van der Waals surface area contributed by atoms with E-state index in [9.17, 15) is 4.79 Å². The molecule has 3 N–H and O–H groups in total. The third kappa shape index (κ3) is 5.97. The van der Waals surface area contributed by atoms with Crippen LogP contribution in [0.25, 0.3) is 0 Å². The van der Waals surface area contributed by atoms with Crippen LogP contribution >= 0.6 is 0 Å². The van der Waals surface area contributed by atoms with Gasteiger partial charge < -0.3 is 25.4 Å². The molecule has 0 aliphatic carbocycles. The van der Waals surface area contributed by atoms with Crippen LogP contribution in [0, 0.1) is 18.8 Å². The molecule has 0 bridgehead atoms. The van der Waals surface area contributed by atoms with Crippen LogP contribution in [0.5, 0.6) is 11.5 Å². The molecule has 0 fully saturated rings. The standard InChI is InChI=1S/C29H27N5O3/c1-19-16-22(17-25(36-3)26(19)37-4)32-29-31-18-21(15-14-20-10-6-5-7-11-20)27(34-29)33-24-13-9-8-12-23(24)28(35)30-2/h5-13,16-18H,1-4H3,(H,30,35)(H2,31,32,33,34). The number of ether oxygens (including phenoxy) is 2. The first-order valence-corrected chi connectivity index (χ1v) is 11.5. The smallest absolute Gasteiger partial charge is 0.253 e. The van der Waals surface area contributed by atoms with E-state index in [0.717, 1.165) is 16.8 Å². The van der Waals surface area contributed by atoms with Gasteiger partial charge in [-0.25, -0.2) is 4.98 Å². The van der Waals surface area contributed by atoms with E-state index < -0.39 is 0 Å². The van der Waals surface area contributed by atoms with Crippen molar-refractivity contribution in [3.63, 3.8) is 0 Å². The number of hydrogen-bond acceptors (Lipinski definition) is 7. The van der Waals surface area contributed by atoms with E-state index in [-0.39, 0.29) is 5.91 Å². The molecule has 1 amide bonds. The number of anilines is 4. The van der Waals surface area contributed by atoms with Gasteiger partial charge in [0, 0.05) is 24.4 Å². The lowest BCUT2D eigenvalue weighted by molar-refractivity contribution is 0.0964. The average Bonchev–Trinajstić information content (AvgIpc) is 2.92. The number of nitrogens with one attached hydrogen (secondary N) is 3. The predicted octanol–water partition coefficient (Wildman–Crippen LogP) is 5.05. The molecular weight excluding hydrogens is 466 g/mol. The molecule has 4 aromatic rings. The fourth-order valence-electron chi connectivity index (χ4n) is 3.70. The highest BCUT2D eigenvalue weighted by Crippen LogP contribution is 2.35. The number of amides is 1. The summed E-state index contributed by atoms with van der Waals surface area (Å²) in [5, 5.41) is 9.16. The van der Waals surface area contributed by atoms with E-state index >= 15 is 0 Å². The highest BCUT2D eigenvalue weighted by Gasteiger charge is 2.14. The molecule has 186 valence electrons. The van der Waals surface area contributed by atoms with Gasteiger partial charge in [-0.15, -0.1) is 0 Å².